The Morgan fingerprint density at radius 3 is 2.58 bits per heavy atom. The maximum Gasteiger partial charge on any atom is 0.253 e. The van der Waals surface area contributed by atoms with E-state index in [2.05, 4.69) is 5.32 Å². The molecule has 1 heterocycles. The molecule has 24 heavy (non-hydrogen) atoms. The molecule has 132 valence electrons. The summed E-state index contributed by atoms with van der Waals surface area (Å²) < 4.78 is 28.6. The number of benzene rings is 1. The number of carbonyl (C=O) groups excluding carboxylic acids is 1. The molecule has 1 aliphatic heterocycles. The fourth-order valence-electron chi connectivity index (χ4n) is 2.98. The Bertz CT molecular complexity index is 710. The van der Waals surface area contributed by atoms with E-state index in [-0.39, 0.29) is 10.8 Å². The van der Waals surface area contributed by atoms with Crippen molar-refractivity contribution >= 4 is 21.6 Å². The highest BCUT2D eigenvalue weighted by atomic mass is 32.2. The van der Waals surface area contributed by atoms with Crippen molar-refractivity contribution < 1.29 is 17.9 Å². The number of anilines is 1. The summed E-state index contributed by atoms with van der Waals surface area (Å²) >= 11 is 0. The third-order valence-electron chi connectivity index (χ3n) is 4.67. The quantitative estimate of drug-likeness (QED) is 0.811. The van der Waals surface area contributed by atoms with Gasteiger partial charge in [0.15, 0.2) is 0 Å². The molecule has 2 aliphatic rings. The van der Waals surface area contributed by atoms with Crippen molar-refractivity contribution in [3.8, 4) is 0 Å². The van der Waals surface area contributed by atoms with Crippen molar-refractivity contribution in [3.05, 3.63) is 23.8 Å². The molecule has 3 rings (SSSR count). The van der Waals surface area contributed by atoms with Gasteiger partial charge in [0.05, 0.1) is 23.7 Å². The highest BCUT2D eigenvalue weighted by Crippen LogP contribution is 2.27. The third kappa shape index (κ3) is 3.88. The summed E-state index contributed by atoms with van der Waals surface area (Å²) in [5.74, 6) is 0.274. The highest BCUT2D eigenvalue weighted by molar-refractivity contribution is 7.89. The highest BCUT2D eigenvalue weighted by Gasteiger charge is 2.23. The summed E-state index contributed by atoms with van der Waals surface area (Å²) in [6, 6.07) is 4.47. The van der Waals surface area contributed by atoms with Gasteiger partial charge in [-0.3, -0.25) is 4.79 Å². The molecule has 0 bridgehead atoms. The van der Waals surface area contributed by atoms with Crippen molar-refractivity contribution in [2.75, 3.05) is 37.7 Å². The van der Waals surface area contributed by atoms with Crippen LogP contribution in [0, 0.1) is 5.92 Å². The van der Waals surface area contributed by atoms with Gasteiger partial charge in [-0.2, -0.15) is 0 Å². The lowest BCUT2D eigenvalue weighted by Crippen LogP contribution is -2.38. The van der Waals surface area contributed by atoms with Crippen molar-refractivity contribution in [1.29, 1.82) is 0 Å². The first-order valence-corrected chi connectivity index (χ1v) is 9.77. The Morgan fingerprint density at radius 1 is 1.29 bits per heavy atom. The number of nitrogens with zero attached hydrogens (tertiary/aromatic N) is 1. The molecule has 1 aromatic rings. The summed E-state index contributed by atoms with van der Waals surface area (Å²) in [6.07, 6.45) is 3.47. The average Bonchev–Trinajstić information content (AvgIpc) is 2.52. The molecule has 7 nitrogen and oxygen atoms in total. The van der Waals surface area contributed by atoms with E-state index in [0.717, 1.165) is 18.5 Å². The number of hydrogen-bond acceptors (Lipinski definition) is 5. The van der Waals surface area contributed by atoms with Gasteiger partial charge in [-0.1, -0.05) is 6.42 Å². The van der Waals surface area contributed by atoms with Crippen LogP contribution in [0.2, 0.25) is 0 Å². The van der Waals surface area contributed by atoms with Gasteiger partial charge in [0.25, 0.3) is 5.91 Å². The minimum absolute atomic E-state index is 0.0479. The fraction of sp³-hybridized carbons (Fsp3) is 0.562. The summed E-state index contributed by atoms with van der Waals surface area (Å²) in [5.41, 5.74) is 1.07. The van der Waals surface area contributed by atoms with Gasteiger partial charge in [0, 0.05) is 25.3 Å². The Balaban J connectivity index is 1.87. The second-order valence-electron chi connectivity index (χ2n) is 6.33. The van der Waals surface area contributed by atoms with E-state index < -0.39 is 10.0 Å². The van der Waals surface area contributed by atoms with Crippen LogP contribution in [0.4, 0.5) is 5.69 Å². The zero-order valence-corrected chi connectivity index (χ0v) is 14.3. The lowest BCUT2D eigenvalue weighted by molar-refractivity contribution is 0.0937. The molecule has 1 saturated carbocycles. The first-order valence-electron chi connectivity index (χ1n) is 8.23. The van der Waals surface area contributed by atoms with Crippen molar-refractivity contribution in [2.24, 2.45) is 11.1 Å². The first kappa shape index (κ1) is 17.2. The van der Waals surface area contributed by atoms with Crippen LogP contribution in [0.25, 0.3) is 0 Å². The number of carbonyl (C=O) groups is 1. The van der Waals surface area contributed by atoms with Gasteiger partial charge >= 0.3 is 0 Å². The second-order valence-corrected chi connectivity index (χ2v) is 7.89. The van der Waals surface area contributed by atoms with E-state index >= 15 is 0 Å². The van der Waals surface area contributed by atoms with Crippen LogP contribution in [0.3, 0.4) is 0 Å². The maximum absolute atomic E-state index is 12.6. The molecule has 8 heteroatoms. The number of morpholine rings is 1. The summed E-state index contributed by atoms with van der Waals surface area (Å²) in [6.45, 7) is 3.12. The molecule has 1 aliphatic carbocycles. The van der Waals surface area contributed by atoms with Crippen LogP contribution >= 0.6 is 0 Å². The Labute approximate surface area is 142 Å². The molecule has 0 atom stereocenters. The zero-order valence-electron chi connectivity index (χ0n) is 13.5. The predicted molar refractivity (Wildman–Crippen MR) is 90.5 cm³/mol. The van der Waals surface area contributed by atoms with Crippen LogP contribution in [0.15, 0.2) is 23.1 Å². The number of sulfonamides is 1. The number of primary sulfonamides is 1. The molecular formula is C16H23N3O4S. The number of nitrogens with one attached hydrogen (secondary N) is 1. The van der Waals surface area contributed by atoms with Crippen molar-refractivity contribution in [3.63, 3.8) is 0 Å². The van der Waals surface area contributed by atoms with Gasteiger partial charge in [0.1, 0.15) is 0 Å². The number of amides is 1. The average molecular weight is 353 g/mol. The van der Waals surface area contributed by atoms with E-state index in [1.165, 1.54) is 18.6 Å². The molecule has 0 radical (unpaired) electrons. The Hall–Kier alpha value is -1.64. The summed E-state index contributed by atoms with van der Waals surface area (Å²) in [7, 11) is -3.85. The van der Waals surface area contributed by atoms with Gasteiger partial charge < -0.3 is 15.0 Å². The Morgan fingerprint density at radius 2 is 2.00 bits per heavy atom. The molecule has 1 saturated heterocycles. The Kier molecular flexibility index (Phi) is 5.07. The summed E-state index contributed by atoms with van der Waals surface area (Å²) in [5, 5.41) is 8.14. The number of nitrogens with two attached hydrogens (primary N) is 1. The molecule has 1 aromatic carbocycles. The van der Waals surface area contributed by atoms with Crippen molar-refractivity contribution in [1.82, 2.24) is 5.32 Å². The van der Waals surface area contributed by atoms with Crippen LogP contribution < -0.4 is 15.4 Å². The van der Waals surface area contributed by atoms with E-state index in [1.807, 2.05) is 4.90 Å². The second kappa shape index (κ2) is 7.08. The number of ether oxygens (including phenoxy) is 1. The van der Waals surface area contributed by atoms with Crippen molar-refractivity contribution in [2.45, 2.75) is 24.2 Å². The van der Waals surface area contributed by atoms with Gasteiger partial charge in [0.2, 0.25) is 10.0 Å². The predicted octanol–water partition coefficient (Wildman–Crippen LogP) is 0.700. The van der Waals surface area contributed by atoms with Crippen LogP contribution in [0.1, 0.15) is 29.6 Å². The third-order valence-corrected chi connectivity index (χ3v) is 5.58. The van der Waals surface area contributed by atoms with Crippen LogP contribution in [-0.4, -0.2) is 47.2 Å². The lowest BCUT2D eigenvalue weighted by atomic mass is 9.85. The summed E-state index contributed by atoms with van der Waals surface area (Å²) in [4.78, 5) is 14.6. The topological polar surface area (TPSA) is 102 Å². The van der Waals surface area contributed by atoms with E-state index in [9.17, 15) is 13.2 Å². The van der Waals surface area contributed by atoms with E-state index in [1.54, 1.807) is 6.07 Å². The molecule has 1 amide bonds. The van der Waals surface area contributed by atoms with E-state index in [0.29, 0.717) is 44.3 Å². The normalized spacial score (nSPS) is 19.0. The van der Waals surface area contributed by atoms with Gasteiger partial charge in [-0.15, -0.1) is 0 Å². The molecule has 0 spiro atoms. The van der Waals surface area contributed by atoms with Crippen LogP contribution in [-0.2, 0) is 14.8 Å². The number of hydrogen-bond donors (Lipinski definition) is 2. The SMILES string of the molecule is NS(=O)(=O)c1ccc(N2CCOCC2)c(C(=O)NCC2CCC2)c1. The lowest BCUT2D eigenvalue weighted by Gasteiger charge is -2.31. The minimum Gasteiger partial charge on any atom is -0.378 e. The molecular weight excluding hydrogens is 330 g/mol. The maximum atomic E-state index is 12.6. The minimum atomic E-state index is -3.85. The molecule has 3 N–H and O–H groups in total. The smallest absolute Gasteiger partial charge is 0.253 e. The number of rotatable bonds is 5. The van der Waals surface area contributed by atoms with Gasteiger partial charge in [-0.25, -0.2) is 13.6 Å². The molecule has 0 unspecified atom stereocenters. The molecule has 2 fully saturated rings. The standard InChI is InChI=1S/C16H23N3O4S/c17-24(21,22)13-4-5-15(19-6-8-23-9-7-19)14(10-13)16(20)18-11-12-2-1-3-12/h4-5,10,12H,1-3,6-9,11H2,(H,18,20)(H2,17,21,22). The molecule has 0 aromatic heterocycles. The monoisotopic (exact) mass is 353 g/mol. The van der Waals surface area contributed by atoms with Gasteiger partial charge in [-0.05, 0) is 37.0 Å². The van der Waals surface area contributed by atoms with Crippen LogP contribution in [0.5, 0.6) is 0 Å². The van der Waals surface area contributed by atoms with E-state index in [4.69, 9.17) is 9.88 Å². The zero-order chi connectivity index (χ0) is 17.2. The largest absolute Gasteiger partial charge is 0.378 e. The fourth-order valence-corrected chi connectivity index (χ4v) is 3.52. The first-order chi connectivity index (χ1) is 11.4.